The fourth-order valence-electron chi connectivity index (χ4n) is 1.34. The molecule has 1 N–H and O–H groups in total. The Hall–Kier alpha value is -0.260. The van der Waals surface area contributed by atoms with Crippen molar-refractivity contribution < 1.29 is 9.53 Å². The van der Waals surface area contributed by atoms with E-state index in [-0.39, 0.29) is 24.5 Å². The van der Waals surface area contributed by atoms with Crippen LogP contribution in [0, 0.1) is 0 Å². The number of rotatable bonds is 1. The van der Waals surface area contributed by atoms with E-state index in [9.17, 15) is 4.79 Å². The lowest BCUT2D eigenvalue weighted by molar-refractivity contribution is 0.177. The summed E-state index contributed by atoms with van der Waals surface area (Å²) in [6, 6.07) is 5.83. The first kappa shape index (κ1) is 12.8. The average molecular weight is 357 g/mol. The minimum Gasteiger partial charge on any atom is -0.447 e. The quantitative estimate of drug-likeness (QED) is 0.836. The second kappa shape index (κ2) is 5.18. The molecule has 6 heteroatoms. The largest absolute Gasteiger partial charge is 0.447 e. The molecule has 1 saturated heterocycles. The van der Waals surface area contributed by atoms with Crippen molar-refractivity contribution >= 4 is 50.4 Å². The monoisotopic (exact) mass is 355 g/mol. The Morgan fingerprint density at radius 2 is 1.87 bits per heavy atom. The van der Waals surface area contributed by atoms with Crippen molar-refractivity contribution in [2.45, 2.75) is 6.04 Å². The van der Waals surface area contributed by atoms with Gasteiger partial charge in [0.2, 0.25) is 0 Å². The number of hydrogen-bond donors (Lipinski definition) is 1. The van der Waals surface area contributed by atoms with Crippen LogP contribution in [0.5, 0.6) is 0 Å². The highest BCUT2D eigenvalue weighted by Crippen LogP contribution is 2.26. The van der Waals surface area contributed by atoms with Crippen LogP contribution in [0.4, 0.5) is 4.79 Å². The normalized spacial score (nSPS) is 19.1. The summed E-state index contributed by atoms with van der Waals surface area (Å²) < 4.78 is 6.77. The SMILES string of the molecule is Cl.O=C1N[C@@H](c2cc(Br)cc(Br)c2)CO1. The van der Waals surface area contributed by atoms with Gasteiger partial charge in [0.15, 0.2) is 0 Å². The Bertz CT molecular complexity index is 366. The van der Waals surface area contributed by atoms with Crippen molar-refractivity contribution in [2.75, 3.05) is 6.61 Å². The Balaban J connectivity index is 0.00000112. The van der Waals surface area contributed by atoms with E-state index in [0.717, 1.165) is 14.5 Å². The van der Waals surface area contributed by atoms with E-state index in [2.05, 4.69) is 37.2 Å². The summed E-state index contributed by atoms with van der Waals surface area (Å²) in [5.74, 6) is 0. The second-order valence-electron chi connectivity index (χ2n) is 3.00. The first-order chi connectivity index (χ1) is 6.65. The molecule has 1 aliphatic heterocycles. The first-order valence-electron chi connectivity index (χ1n) is 4.04. The van der Waals surface area contributed by atoms with Gasteiger partial charge in [0, 0.05) is 8.95 Å². The molecule has 0 aromatic heterocycles. The summed E-state index contributed by atoms with van der Waals surface area (Å²) in [6.45, 7) is 0.391. The molecule has 0 radical (unpaired) electrons. The Kier molecular flexibility index (Phi) is 4.43. The van der Waals surface area contributed by atoms with Crippen molar-refractivity contribution in [3.8, 4) is 0 Å². The van der Waals surface area contributed by atoms with Gasteiger partial charge in [0.25, 0.3) is 0 Å². The van der Waals surface area contributed by atoms with Gasteiger partial charge in [-0.15, -0.1) is 12.4 Å². The molecule has 1 aromatic carbocycles. The maximum atomic E-state index is 10.8. The van der Waals surface area contributed by atoms with Gasteiger partial charge in [-0.25, -0.2) is 4.79 Å². The van der Waals surface area contributed by atoms with Crippen molar-refractivity contribution in [1.29, 1.82) is 0 Å². The van der Waals surface area contributed by atoms with Gasteiger partial charge in [-0.3, -0.25) is 0 Å². The molecule has 1 atom stereocenters. The third-order valence-electron chi connectivity index (χ3n) is 1.96. The zero-order valence-electron chi connectivity index (χ0n) is 7.50. The molecule has 0 bridgehead atoms. The van der Waals surface area contributed by atoms with Gasteiger partial charge in [0.05, 0.1) is 6.04 Å². The number of nitrogens with one attached hydrogen (secondary N) is 1. The number of carbonyl (C=O) groups is 1. The number of hydrogen-bond acceptors (Lipinski definition) is 2. The number of amides is 1. The van der Waals surface area contributed by atoms with Crippen LogP contribution in [0.1, 0.15) is 11.6 Å². The van der Waals surface area contributed by atoms with Gasteiger partial charge in [-0.1, -0.05) is 31.9 Å². The van der Waals surface area contributed by atoms with Crippen LogP contribution in [0.2, 0.25) is 0 Å². The zero-order chi connectivity index (χ0) is 10.1. The lowest BCUT2D eigenvalue weighted by Gasteiger charge is -2.08. The van der Waals surface area contributed by atoms with Crippen LogP contribution in [0.25, 0.3) is 0 Å². The Labute approximate surface area is 110 Å². The minimum atomic E-state index is -0.355. The summed E-state index contributed by atoms with van der Waals surface area (Å²) in [6.07, 6.45) is -0.355. The van der Waals surface area contributed by atoms with Crippen molar-refractivity contribution in [1.82, 2.24) is 5.32 Å². The van der Waals surface area contributed by atoms with Crippen LogP contribution in [0.3, 0.4) is 0 Å². The number of halogens is 3. The highest BCUT2D eigenvalue weighted by molar-refractivity contribution is 9.11. The number of cyclic esters (lactones) is 1. The standard InChI is InChI=1S/C9H7Br2NO2.ClH/c10-6-1-5(2-7(11)3-6)8-4-14-9(13)12-8;/h1-3,8H,4H2,(H,12,13);1H/t8-;/m1./s1. The van der Waals surface area contributed by atoms with Crippen LogP contribution in [0.15, 0.2) is 27.1 Å². The molecule has 3 nitrogen and oxygen atoms in total. The molecule has 2 rings (SSSR count). The third-order valence-corrected chi connectivity index (χ3v) is 2.88. The summed E-state index contributed by atoms with van der Waals surface area (Å²) in [5, 5.41) is 2.72. The van der Waals surface area contributed by atoms with E-state index >= 15 is 0 Å². The number of carbonyl (C=O) groups excluding carboxylic acids is 1. The van der Waals surface area contributed by atoms with E-state index in [1.54, 1.807) is 0 Å². The van der Waals surface area contributed by atoms with Gasteiger partial charge < -0.3 is 10.1 Å². The summed E-state index contributed by atoms with van der Waals surface area (Å²) in [7, 11) is 0. The van der Waals surface area contributed by atoms with E-state index < -0.39 is 0 Å². The summed E-state index contributed by atoms with van der Waals surface area (Å²) in [4.78, 5) is 10.8. The number of ether oxygens (including phenoxy) is 1. The molecule has 1 amide bonds. The van der Waals surface area contributed by atoms with Gasteiger partial charge in [0.1, 0.15) is 6.61 Å². The maximum Gasteiger partial charge on any atom is 0.407 e. The summed E-state index contributed by atoms with van der Waals surface area (Å²) in [5.41, 5.74) is 1.03. The van der Waals surface area contributed by atoms with Crippen LogP contribution in [-0.4, -0.2) is 12.7 Å². The van der Waals surface area contributed by atoms with E-state index in [1.165, 1.54) is 0 Å². The molecule has 0 unspecified atom stereocenters. The molecular weight excluding hydrogens is 349 g/mol. The highest BCUT2D eigenvalue weighted by Gasteiger charge is 2.23. The molecule has 0 saturated carbocycles. The summed E-state index contributed by atoms with van der Waals surface area (Å²) >= 11 is 6.78. The fraction of sp³-hybridized carbons (Fsp3) is 0.222. The van der Waals surface area contributed by atoms with Crippen molar-refractivity contribution in [3.63, 3.8) is 0 Å². The molecule has 0 spiro atoms. The topological polar surface area (TPSA) is 38.3 Å². The van der Waals surface area contributed by atoms with E-state index in [4.69, 9.17) is 4.74 Å². The van der Waals surface area contributed by atoms with Gasteiger partial charge in [-0.05, 0) is 23.8 Å². The maximum absolute atomic E-state index is 10.8. The minimum absolute atomic E-state index is 0. The molecule has 0 aliphatic carbocycles. The first-order valence-corrected chi connectivity index (χ1v) is 5.63. The molecule has 1 heterocycles. The van der Waals surface area contributed by atoms with E-state index in [0.29, 0.717) is 6.61 Å². The Morgan fingerprint density at radius 3 is 2.33 bits per heavy atom. The fourth-order valence-corrected chi connectivity index (χ4v) is 2.67. The highest BCUT2D eigenvalue weighted by atomic mass is 79.9. The van der Waals surface area contributed by atoms with Crippen molar-refractivity contribution in [2.24, 2.45) is 0 Å². The van der Waals surface area contributed by atoms with Crippen LogP contribution >= 0.6 is 44.3 Å². The third kappa shape index (κ3) is 3.09. The zero-order valence-corrected chi connectivity index (χ0v) is 11.5. The number of benzene rings is 1. The molecule has 1 aliphatic rings. The molecule has 1 aromatic rings. The van der Waals surface area contributed by atoms with Gasteiger partial charge in [-0.2, -0.15) is 0 Å². The predicted octanol–water partition coefficient (Wildman–Crippen LogP) is 3.41. The Morgan fingerprint density at radius 1 is 1.27 bits per heavy atom. The molecular formula is C9H8Br2ClNO2. The second-order valence-corrected chi connectivity index (χ2v) is 4.83. The predicted molar refractivity (Wildman–Crippen MR) is 66.3 cm³/mol. The molecule has 82 valence electrons. The van der Waals surface area contributed by atoms with Gasteiger partial charge >= 0.3 is 6.09 Å². The van der Waals surface area contributed by atoms with Crippen LogP contribution in [-0.2, 0) is 4.74 Å². The molecule has 15 heavy (non-hydrogen) atoms. The lowest BCUT2D eigenvalue weighted by atomic mass is 10.1. The van der Waals surface area contributed by atoms with Crippen LogP contribution < -0.4 is 5.32 Å². The smallest absolute Gasteiger partial charge is 0.407 e. The average Bonchev–Trinajstić information content (AvgIpc) is 2.50. The van der Waals surface area contributed by atoms with E-state index in [1.807, 2.05) is 18.2 Å². The van der Waals surface area contributed by atoms with Crippen molar-refractivity contribution in [3.05, 3.63) is 32.7 Å². The molecule has 1 fully saturated rings. The lowest BCUT2D eigenvalue weighted by Crippen LogP contribution is -2.18. The number of alkyl carbamates (subject to hydrolysis) is 1.